The maximum Gasteiger partial charge on any atom is 0.330 e. The number of aliphatic carboxylic acids is 1. The molecule has 3 heteroatoms. The smallest absolute Gasteiger partial charge is 0.330 e. The fourth-order valence-electron chi connectivity index (χ4n) is 9.48. The standard InChI is InChI=1S/C30H48O3/c1-19(9-8-10-20(2)26(32)33)21-15-16-30(7)24-13-11-22-23(12-14-25(31)27(22,3)4)28(24,5)17-18-29(21,30)6/h10-11,19,21,23-25,31H,8-9,12-18H2,1-7H3,(H,32,33)/b20-10-/t19-,21-,23-,24-,25-,28+,29-,30+/m1/s1. The van der Waals surface area contributed by atoms with Crippen LogP contribution in [-0.4, -0.2) is 22.3 Å². The molecule has 33 heavy (non-hydrogen) atoms. The van der Waals surface area contributed by atoms with E-state index in [0.717, 1.165) is 37.5 Å². The van der Waals surface area contributed by atoms with Gasteiger partial charge in [-0.1, -0.05) is 59.3 Å². The van der Waals surface area contributed by atoms with E-state index in [1.807, 2.05) is 6.08 Å². The van der Waals surface area contributed by atoms with Gasteiger partial charge in [-0.25, -0.2) is 4.79 Å². The number of aliphatic hydroxyl groups excluding tert-OH is 1. The highest BCUT2D eigenvalue weighted by Gasteiger charge is 2.67. The van der Waals surface area contributed by atoms with Crippen LogP contribution >= 0.6 is 0 Å². The largest absolute Gasteiger partial charge is 0.478 e. The van der Waals surface area contributed by atoms with Gasteiger partial charge < -0.3 is 10.2 Å². The molecule has 4 aliphatic carbocycles. The highest BCUT2D eigenvalue weighted by Crippen LogP contribution is 2.74. The molecule has 3 nitrogen and oxygen atoms in total. The summed E-state index contributed by atoms with van der Waals surface area (Å²) >= 11 is 0. The van der Waals surface area contributed by atoms with Gasteiger partial charge in [-0.15, -0.1) is 0 Å². The van der Waals surface area contributed by atoms with Crippen LogP contribution in [0.1, 0.15) is 106 Å². The number of carboxylic acids is 1. The van der Waals surface area contributed by atoms with E-state index in [9.17, 15) is 9.90 Å². The molecule has 0 spiro atoms. The van der Waals surface area contributed by atoms with Gasteiger partial charge >= 0.3 is 5.97 Å². The van der Waals surface area contributed by atoms with Crippen molar-refractivity contribution in [2.45, 2.75) is 112 Å². The van der Waals surface area contributed by atoms with Gasteiger partial charge in [0.05, 0.1) is 6.10 Å². The van der Waals surface area contributed by atoms with Crippen LogP contribution in [0.25, 0.3) is 0 Å². The molecule has 0 aromatic rings. The van der Waals surface area contributed by atoms with Crippen molar-refractivity contribution < 1.29 is 15.0 Å². The summed E-state index contributed by atoms with van der Waals surface area (Å²) in [5, 5.41) is 19.9. The first-order valence-corrected chi connectivity index (χ1v) is 13.6. The second kappa shape index (κ2) is 8.25. The predicted molar refractivity (Wildman–Crippen MR) is 135 cm³/mol. The van der Waals surface area contributed by atoms with Crippen molar-refractivity contribution >= 4 is 5.97 Å². The molecule has 0 aromatic carbocycles. The number of allylic oxidation sites excluding steroid dienone is 2. The van der Waals surface area contributed by atoms with Gasteiger partial charge in [-0.3, -0.25) is 0 Å². The van der Waals surface area contributed by atoms with Crippen LogP contribution in [0.2, 0.25) is 0 Å². The number of fused-ring (bicyclic) bond motifs is 5. The third-order valence-electron chi connectivity index (χ3n) is 12.0. The van der Waals surface area contributed by atoms with Gasteiger partial charge in [-0.05, 0) is 105 Å². The summed E-state index contributed by atoms with van der Waals surface area (Å²) in [6, 6.07) is 0. The minimum absolute atomic E-state index is 0.0904. The first kappa shape index (κ1) is 25.0. The van der Waals surface area contributed by atoms with Crippen LogP contribution in [0.5, 0.6) is 0 Å². The number of hydrogen-bond acceptors (Lipinski definition) is 2. The van der Waals surface area contributed by atoms with Gasteiger partial charge in [0.1, 0.15) is 0 Å². The molecule has 0 aliphatic heterocycles. The van der Waals surface area contributed by atoms with Crippen molar-refractivity contribution in [3.63, 3.8) is 0 Å². The molecule has 0 aromatic heterocycles. The molecular weight excluding hydrogens is 408 g/mol. The van der Waals surface area contributed by atoms with Crippen LogP contribution < -0.4 is 0 Å². The predicted octanol–water partition coefficient (Wildman–Crippen LogP) is 7.40. The van der Waals surface area contributed by atoms with Crippen molar-refractivity contribution in [1.29, 1.82) is 0 Å². The fourth-order valence-corrected chi connectivity index (χ4v) is 9.48. The first-order chi connectivity index (χ1) is 15.3. The molecule has 0 unspecified atom stereocenters. The van der Waals surface area contributed by atoms with Crippen molar-refractivity contribution in [1.82, 2.24) is 0 Å². The minimum atomic E-state index is -0.794. The van der Waals surface area contributed by atoms with E-state index in [4.69, 9.17) is 5.11 Å². The van der Waals surface area contributed by atoms with E-state index >= 15 is 0 Å². The summed E-state index contributed by atoms with van der Waals surface area (Å²) in [6.45, 7) is 16.5. The molecular formula is C30H48O3. The maximum atomic E-state index is 11.1. The summed E-state index contributed by atoms with van der Waals surface area (Å²) in [5.41, 5.74) is 2.99. The number of carboxylic acid groups (broad SMARTS) is 1. The molecule has 4 aliphatic rings. The maximum absolute atomic E-state index is 11.1. The van der Waals surface area contributed by atoms with Crippen molar-refractivity contribution in [2.24, 2.45) is 45.3 Å². The molecule has 3 saturated carbocycles. The minimum Gasteiger partial charge on any atom is -0.478 e. The third-order valence-corrected chi connectivity index (χ3v) is 12.0. The number of carbonyl (C=O) groups is 1. The lowest BCUT2D eigenvalue weighted by Crippen LogP contribution is -2.59. The van der Waals surface area contributed by atoms with Gasteiger partial charge in [0, 0.05) is 11.0 Å². The lowest BCUT2D eigenvalue weighted by atomic mass is 9.39. The van der Waals surface area contributed by atoms with Crippen LogP contribution in [0, 0.1) is 45.3 Å². The normalized spacial score (nSPS) is 45.5. The van der Waals surface area contributed by atoms with Crippen LogP contribution in [-0.2, 0) is 4.79 Å². The molecule has 4 rings (SSSR count). The molecule has 0 radical (unpaired) electrons. The SMILES string of the molecule is C/C(=C/CC[C@@H](C)[C@H]1CC[C@@]2(C)[C@@H]3CC=C4[C@@H](CC[C@@H](O)C4(C)C)[C@]3(C)CC[C@]12C)C(=O)O. The Bertz CT molecular complexity index is 853. The Hall–Kier alpha value is -1.09. The number of hydrogen-bond donors (Lipinski definition) is 2. The van der Waals surface area contributed by atoms with E-state index in [0.29, 0.717) is 33.7 Å². The number of rotatable bonds is 5. The van der Waals surface area contributed by atoms with Crippen LogP contribution in [0.3, 0.4) is 0 Å². The first-order valence-electron chi connectivity index (χ1n) is 13.6. The van der Waals surface area contributed by atoms with Gasteiger partial charge in [0.15, 0.2) is 0 Å². The van der Waals surface area contributed by atoms with Crippen LogP contribution in [0.4, 0.5) is 0 Å². The van der Waals surface area contributed by atoms with Crippen molar-refractivity contribution in [3.8, 4) is 0 Å². The molecule has 2 N–H and O–H groups in total. The zero-order chi connectivity index (χ0) is 24.4. The Balaban J connectivity index is 1.58. The topological polar surface area (TPSA) is 57.5 Å². The second-order valence-corrected chi connectivity index (χ2v) is 13.5. The van der Waals surface area contributed by atoms with Gasteiger partial charge in [-0.2, -0.15) is 0 Å². The average molecular weight is 457 g/mol. The Morgan fingerprint density at radius 3 is 2.45 bits per heavy atom. The molecule has 3 fully saturated rings. The Labute approximate surface area is 202 Å². The molecule has 0 bridgehead atoms. The summed E-state index contributed by atoms with van der Waals surface area (Å²) < 4.78 is 0. The third kappa shape index (κ3) is 3.58. The summed E-state index contributed by atoms with van der Waals surface area (Å²) in [7, 11) is 0. The molecule has 0 saturated heterocycles. The van der Waals surface area contributed by atoms with Crippen molar-refractivity contribution in [2.75, 3.05) is 0 Å². The second-order valence-electron chi connectivity index (χ2n) is 13.5. The Kier molecular flexibility index (Phi) is 6.25. The monoisotopic (exact) mass is 456 g/mol. The Morgan fingerprint density at radius 1 is 1.09 bits per heavy atom. The summed E-state index contributed by atoms with van der Waals surface area (Å²) in [4.78, 5) is 11.1. The highest BCUT2D eigenvalue weighted by atomic mass is 16.4. The average Bonchev–Trinajstić information content (AvgIpc) is 3.02. The number of aliphatic hydroxyl groups is 1. The fraction of sp³-hybridized carbons (Fsp3) is 0.833. The van der Waals surface area contributed by atoms with Gasteiger partial charge in [0.25, 0.3) is 0 Å². The lowest BCUT2D eigenvalue weighted by molar-refractivity contribution is -0.145. The molecule has 0 heterocycles. The summed E-state index contributed by atoms with van der Waals surface area (Å²) in [6.07, 6.45) is 14.7. The van der Waals surface area contributed by atoms with Crippen molar-refractivity contribution in [3.05, 3.63) is 23.3 Å². The van der Waals surface area contributed by atoms with E-state index in [1.165, 1.54) is 32.1 Å². The van der Waals surface area contributed by atoms with E-state index < -0.39 is 5.97 Å². The van der Waals surface area contributed by atoms with Crippen LogP contribution in [0.15, 0.2) is 23.3 Å². The highest BCUT2D eigenvalue weighted by molar-refractivity contribution is 5.85. The van der Waals surface area contributed by atoms with E-state index in [1.54, 1.807) is 12.5 Å². The van der Waals surface area contributed by atoms with Gasteiger partial charge in [0.2, 0.25) is 0 Å². The zero-order valence-electron chi connectivity index (χ0n) is 22.2. The molecule has 0 amide bonds. The molecule has 8 atom stereocenters. The van der Waals surface area contributed by atoms with E-state index in [2.05, 4.69) is 47.6 Å². The summed E-state index contributed by atoms with van der Waals surface area (Å²) in [5.74, 6) is 1.89. The quantitative estimate of drug-likeness (QED) is 0.335. The van der Waals surface area contributed by atoms with E-state index in [-0.39, 0.29) is 11.5 Å². The zero-order valence-corrected chi connectivity index (χ0v) is 22.2. The lowest BCUT2D eigenvalue weighted by Gasteiger charge is -2.66. The molecule has 186 valence electrons. The Morgan fingerprint density at radius 2 is 1.79 bits per heavy atom.